The van der Waals surface area contributed by atoms with Gasteiger partial charge in [0, 0.05) is 30.1 Å². The molecule has 5 nitrogen and oxygen atoms in total. The fourth-order valence-electron chi connectivity index (χ4n) is 1.73. The number of hydrogen-bond donors (Lipinski definition) is 0. The molecule has 2 aromatic rings. The highest BCUT2D eigenvalue weighted by Crippen LogP contribution is 2.13. The van der Waals surface area contributed by atoms with Crippen molar-refractivity contribution >= 4 is 11.6 Å². The van der Waals surface area contributed by atoms with Gasteiger partial charge in [-0.3, -0.25) is 4.98 Å². The molecule has 2 aromatic heterocycles. The third-order valence-corrected chi connectivity index (χ3v) is 2.86. The van der Waals surface area contributed by atoms with Gasteiger partial charge in [0.25, 0.3) is 0 Å². The lowest BCUT2D eigenvalue weighted by Crippen LogP contribution is -2.10. The van der Waals surface area contributed by atoms with Crippen LogP contribution in [0.2, 0.25) is 0 Å². The molecule has 0 N–H and O–H groups in total. The van der Waals surface area contributed by atoms with E-state index in [0.29, 0.717) is 24.7 Å². The summed E-state index contributed by atoms with van der Waals surface area (Å²) in [7, 11) is 0. The Morgan fingerprint density at radius 2 is 2.24 bits per heavy atom. The van der Waals surface area contributed by atoms with Gasteiger partial charge < -0.3 is 4.74 Å². The Bertz CT molecular complexity index is 642. The Hall–Kier alpha value is -2.06. The fraction of sp³-hybridized carbons (Fsp3) is 0.400. The topological polar surface area (TPSA) is 52.8 Å². The number of halogens is 1. The van der Waals surface area contributed by atoms with E-state index in [1.54, 1.807) is 12.4 Å². The minimum Gasteiger partial charge on any atom is -0.484 e. The third-order valence-electron chi connectivity index (χ3n) is 2.67. The summed E-state index contributed by atoms with van der Waals surface area (Å²) in [4.78, 5) is 8.32. The van der Waals surface area contributed by atoms with Gasteiger partial charge in [-0.2, -0.15) is 5.10 Å². The zero-order valence-corrected chi connectivity index (χ0v) is 12.8. The van der Waals surface area contributed by atoms with Gasteiger partial charge in [-0.05, 0) is 19.9 Å². The number of pyridine rings is 1. The number of hydrogen-bond acceptors (Lipinski definition) is 4. The van der Waals surface area contributed by atoms with Crippen molar-refractivity contribution in [2.45, 2.75) is 32.9 Å². The van der Waals surface area contributed by atoms with E-state index in [1.807, 2.05) is 24.6 Å². The third kappa shape index (κ3) is 4.47. The first-order valence-electron chi connectivity index (χ1n) is 6.71. The standard InChI is InChI=1S/C15H17ClN4O/c1-12(2)20-15(18-11-19-20)10-21-14-7-13(8-17-9-14)5-3-4-6-16/h7-9,11-12H,4,6,10H2,1-2H3. The summed E-state index contributed by atoms with van der Waals surface area (Å²) in [5.74, 6) is 7.94. The first-order chi connectivity index (χ1) is 10.2. The summed E-state index contributed by atoms with van der Waals surface area (Å²) in [5.41, 5.74) is 0.808. The summed E-state index contributed by atoms with van der Waals surface area (Å²) in [6, 6.07) is 2.10. The Morgan fingerprint density at radius 3 is 3.00 bits per heavy atom. The second kappa shape index (κ2) is 7.65. The van der Waals surface area contributed by atoms with E-state index in [0.717, 1.165) is 11.4 Å². The Kier molecular flexibility index (Phi) is 5.59. The van der Waals surface area contributed by atoms with Crippen LogP contribution >= 0.6 is 11.6 Å². The average molecular weight is 305 g/mol. The van der Waals surface area contributed by atoms with Crippen molar-refractivity contribution < 1.29 is 4.74 Å². The number of aromatic nitrogens is 4. The van der Waals surface area contributed by atoms with E-state index in [9.17, 15) is 0 Å². The van der Waals surface area contributed by atoms with Gasteiger partial charge in [0.15, 0.2) is 5.82 Å². The lowest BCUT2D eigenvalue weighted by atomic mass is 10.2. The predicted octanol–water partition coefficient (Wildman–Crippen LogP) is 2.81. The number of nitrogens with zero attached hydrogens (tertiary/aromatic N) is 4. The van der Waals surface area contributed by atoms with Crippen molar-refractivity contribution in [2.75, 3.05) is 5.88 Å². The van der Waals surface area contributed by atoms with Gasteiger partial charge in [-0.1, -0.05) is 11.8 Å². The van der Waals surface area contributed by atoms with E-state index >= 15 is 0 Å². The van der Waals surface area contributed by atoms with E-state index < -0.39 is 0 Å². The highest BCUT2D eigenvalue weighted by molar-refractivity contribution is 6.18. The highest BCUT2D eigenvalue weighted by Gasteiger charge is 2.08. The summed E-state index contributed by atoms with van der Waals surface area (Å²) in [5, 5.41) is 4.17. The molecule has 2 rings (SSSR count). The monoisotopic (exact) mass is 304 g/mol. The lowest BCUT2D eigenvalue weighted by Gasteiger charge is -2.10. The van der Waals surface area contributed by atoms with Crippen LogP contribution in [0.5, 0.6) is 5.75 Å². The number of ether oxygens (including phenoxy) is 1. The maximum atomic E-state index is 5.71. The van der Waals surface area contributed by atoms with Crippen molar-refractivity contribution in [1.29, 1.82) is 0 Å². The molecular weight excluding hydrogens is 288 g/mol. The van der Waals surface area contributed by atoms with Gasteiger partial charge in [0.1, 0.15) is 18.7 Å². The van der Waals surface area contributed by atoms with Gasteiger partial charge in [-0.25, -0.2) is 9.67 Å². The normalized spacial score (nSPS) is 10.3. The fourth-order valence-corrected chi connectivity index (χ4v) is 1.83. The van der Waals surface area contributed by atoms with Crippen molar-refractivity contribution in [1.82, 2.24) is 19.7 Å². The second-order valence-corrected chi connectivity index (χ2v) is 5.03. The van der Waals surface area contributed by atoms with Gasteiger partial charge in [-0.15, -0.1) is 11.6 Å². The zero-order valence-electron chi connectivity index (χ0n) is 12.1. The van der Waals surface area contributed by atoms with Crippen LogP contribution in [-0.4, -0.2) is 25.6 Å². The van der Waals surface area contributed by atoms with Crippen molar-refractivity contribution in [3.8, 4) is 17.6 Å². The van der Waals surface area contributed by atoms with Crippen molar-refractivity contribution in [3.05, 3.63) is 36.2 Å². The molecule has 0 aliphatic rings. The maximum absolute atomic E-state index is 5.71. The quantitative estimate of drug-likeness (QED) is 0.629. The lowest BCUT2D eigenvalue weighted by molar-refractivity contribution is 0.281. The molecule has 21 heavy (non-hydrogen) atoms. The van der Waals surface area contributed by atoms with Crippen molar-refractivity contribution in [2.24, 2.45) is 0 Å². The summed E-state index contributed by atoms with van der Waals surface area (Å²) in [6.07, 6.45) is 5.54. The molecule has 0 saturated carbocycles. The molecule has 2 heterocycles. The molecule has 110 valence electrons. The van der Waals surface area contributed by atoms with Gasteiger partial charge in [0.05, 0.1) is 6.20 Å². The number of rotatable bonds is 5. The maximum Gasteiger partial charge on any atom is 0.165 e. The van der Waals surface area contributed by atoms with Crippen LogP contribution in [0.15, 0.2) is 24.8 Å². The molecule has 0 bridgehead atoms. The van der Waals surface area contributed by atoms with Crippen LogP contribution in [0, 0.1) is 11.8 Å². The van der Waals surface area contributed by atoms with Crippen LogP contribution < -0.4 is 4.74 Å². The molecule has 0 aromatic carbocycles. The molecule has 0 fully saturated rings. The Balaban J connectivity index is 2.02. The van der Waals surface area contributed by atoms with E-state index in [1.165, 1.54) is 6.33 Å². The van der Waals surface area contributed by atoms with Gasteiger partial charge in [0.2, 0.25) is 0 Å². The molecule has 0 aliphatic carbocycles. The van der Waals surface area contributed by atoms with Crippen LogP contribution in [0.3, 0.4) is 0 Å². The molecule has 0 unspecified atom stereocenters. The van der Waals surface area contributed by atoms with Crippen LogP contribution in [-0.2, 0) is 6.61 Å². The second-order valence-electron chi connectivity index (χ2n) is 4.65. The number of alkyl halides is 1. The van der Waals surface area contributed by atoms with Crippen molar-refractivity contribution in [3.63, 3.8) is 0 Å². The molecule has 0 spiro atoms. The molecule has 0 saturated heterocycles. The smallest absolute Gasteiger partial charge is 0.165 e. The molecular formula is C15H17ClN4O. The van der Waals surface area contributed by atoms with Crippen LogP contribution in [0.4, 0.5) is 0 Å². The first-order valence-corrected chi connectivity index (χ1v) is 7.25. The molecule has 0 amide bonds. The van der Waals surface area contributed by atoms with E-state index in [4.69, 9.17) is 16.3 Å². The summed E-state index contributed by atoms with van der Waals surface area (Å²) >= 11 is 5.59. The van der Waals surface area contributed by atoms with E-state index in [2.05, 4.69) is 26.9 Å². The Morgan fingerprint density at radius 1 is 1.38 bits per heavy atom. The molecule has 6 heteroatoms. The van der Waals surface area contributed by atoms with E-state index in [-0.39, 0.29) is 6.04 Å². The minimum atomic E-state index is 0.247. The van der Waals surface area contributed by atoms with Gasteiger partial charge >= 0.3 is 0 Å². The summed E-state index contributed by atoms with van der Waals surface area (Å²) < 4.78 is 7.54. The Labute approximate surface area is 129 Å². The van der Waals surface area contributed by atoms with Crippen LogP contribution in [0.1, 0.15) is 37.7 Å². The average Bonchev–Trinajstić information content (AvgIpc) is 2.94. The molecule has 0 radical (unpaired) electrons. The largest absolute Gasteiger partial charge is 0.484 e. The zero-order chi connectivity index (χ0) is 15.1. The SMILES string of the molecule is CC(C)n1ncnc1COc1cncc(C#CCCCl)c1. The van der Waals surface area contributed by atoms with Crippen LogP contribution in [0.25, 0.3) is 0 Å². The highest BCUT2D eigenvalue weighted by atomic mass is 35.5. The molecule has 0 aliphatic heterocycles. The first kappa shape index (κ1) is 15.3. The molecule has 0 atom stereocenters. The minimum absolute atomic E-state index is 0.247. The predicted molar refractivity (Wildman–Crippen MR) is 81.2 cm³/mol. The summed E-state index contributed by atoms with van der Waals surface area (Å²) in [6.45, 7) is 4.44.